The third kappa shape index (κ3) is 5.28. The van der Waals surface area contributed by atoms with E-state index in [1.165, 1.54) is 6.08 Å². The summed E-state index contributed by atoms with van der Waals surface area (Å²) in [5, 5.41) is 2.20. The Morgan fingerprint density at radius 1 is 1.06 bits per heavy atom. The minimum Gasteiger partial charge on any atom is -0.457 e. The number of imide groups is 1. The molecule has 0 radical (unpaired) electrons. The lowest BCUT2D eigenvalue weighted by atomic mass is 10.2. The maximum atomic E-state index is 12.7. The zero-order chi connectivity index (χ0) is 22.0. The number of rotatable bonds is 5. The van der Waals surface area contributed by atoms with Crippen LogP contribution >= 0.6 is 50.3 Å². The van der Waals surface area contributed by atoms with E-state index in [4.69, 9.17) is 4.42 Å². The predicted octanol–water partition coefficient (Wildman–Crippen LogP) is 5.99. The van der Waals surface area contributed by atoms with Crippen molar-refractivity contribution in [2.75, 3.05) is 11.9 Å². The Hall–Kier alpha value is -2.37. The number of halogens is 2. The summed E-state index contributed by atoms with van der Waals surface area (Å²) in [6.07, 6.45) is 1.52. The number of hydrogen-bond donors (Lipinski definition) is 1. The number of carbonyl (C=O) groups is 3. The molecule has 0 spiro atoms. The zero-order valence-corrected chi connectivity index (χ0v) is 20.4. The Morgan fingerprint density at radius 3 is 2.48 bits per heavy atom. The first kappa shape index (κ1) is 21.8. The topological polar surface area (TPSA) is 79.6 Å². The maximum absolute atomic E-state index is 12.7. The van der Waals surface area contributed by atoms with E-state index in [0.29, 0.717) is 17.2 Å². The Bertz CT molecular complexity index is 1190. The van der Waals surface area contributed by atoms with E-state index >= 15 is 0 Å². The number of thioether (sulfide) groups is 1. The molecule has 31 heavy (non-hydrogen) atoms. The number of hydrogen-bond acceptors (Lipinski definition) is 5. The van der Waals surface area contributed by atoms with Gasteiger partial charge in [0.1, 0.15) is 18.1 Å². The second kappa shape index (κ2) is 9.41. The van der Waals surface area contributed by atoms with Crippen molar-refractivity contribution in [3.8, 4) is 11.3 Å². The molecule has 0 bridgehead atoms. The van der Waals surface area contributed by atoms with Crippen LogP contribution in [0.4, 0.5) is 10.5 Å². The number of nitrogens with zero attached hydrogens (tertiary/aromatic N) is 1. The van der Waals surface area contributed by atoms with Gasteiger partial charge in [0, 0.05) is 25.4 Å². The molecule has 3 amide bonds. The van der Waals surface area contributed by atoms with E-state index < -0.39 is 17.1 Å². The minimum atomic E-state index is -0.519. The number of amides is 3. The highest BCUT2D eigenvalue weighted by Crippen LogP contribution is 2.33. The van der Waals surface area contributed by atoms with Gasteiger partial charge in [-0.05, 0) is 82.9 Å². The normalized spacial score (nSPS) is 15.0. The van der Waals surface area contributed by atoms with Gasteiger partial charge in [0.25, 0.3) is 11.1 Å². The van der Waals surface area contributed by atoms with E-state index in [-0.39, 0.29) is 11.4 Å². The second-order valence-corrected chi connectivity index (χ2v) is 9.69. The third-order valence-electron chi connectivity index (χ3n) is 4.33. The smallest absolute Gasteiger partial charge is 0.294 e. The van der Waals surface area contributed by atoms with Crippen molar-refractivity contribution in [3.05, 3.63) is 79.4 Å². The fraction of sp³-hybridized carbons (Fsp3) is 0.0455. The molecular weight excluding hydrogens is 595 g/mol. The summed E-state index contributed by atoms with van der Waals surface area (Å²) in [4.78, 5) is 38.4. The minimum absolute atomic E-state index is 0.212. The highest BCUT2D eigenvalue weighted by atomic mass is 127. The molecule has 6 nitrogen and oxygen atoms in total. The lowest BCUT2D eigenvalue weighted by Crippen LogP contribution is -2.36. The van der Waals surface area contributed by atoms with E-state index in [0.717, 1.165) is 30.3 Å². The van der Waals surface area contributed by atoms with Crippen LogP contribution in [-0.4, -0.2) is 28.5 Å². The molecule has 0 saturated carbocycles. The number of benzene rings is 2. The summed E-state index contributed by atoms with van der Waals surface area (Å²) in [6, 6.07) is 18.4. The summed E-state index contributed by atoms with van der Waals surface area (Å²) >= 11 is 6.34. The fourth-order valence-electron chi connectivity index (χ4n) is 2.84. The average Bonchev–Trinajstić information content (AvgIpc) is 3.31. The maximum Gasteiger partial charge on any atom is 0.294 e. The quantitative estimate of drug-likeness (QED) is 0.284. The van der Waals surface area contributed by atoms with Crippen LogP contribution in [-0.2, 0) is 9.59 Å². The van der Waals surface area contributed by atoms with Gasteiger partial charge in [-0.15, -0.1) is 0 Å². The van der Waals surface area contributed by atoms with Crippen molar-refractivity contribution < 1.29 is 18.8 Å². The predicted molar refractivity (Wildman–Crippen MR) is 132 cm³/mol. The van der Waals surface area contributed by atoms with E-state index in [9.17, 15) is 14.4 Å². The molecule has 1 aliphatic rings. The average molecular weight is 609 g/mol. The molecule has 156 valence electrons. The van der Waals surface area contributed by atoms with Gasteiger partial charge in [0.2, 0.25) is 5.91 Å². The van der Waals surface area contributed by atoms with Crippen LogP contribution < -0.4 is 5.32 Å². The first-order valence-corrected chi connectivity index (χ1v) is 11.7. The zero-order valence-electron chi connectivity index (χ0n) is 15.8. The van der Waals surface area contributed by atoms with Crippen LogP contribution in [0.3, 0.4) is 0 Å². The van der Waals surface area contributed by atoms with Gasteiger partial charge in [0.05, 0.1) is 4.91 Å². The van der Waals surface area contributed by atoms with Gasteiger partial charge >= 0.3 is 0 Å². The van der Waals surface area contributed by atoms with E-state index in [2.05, 4.69) is 43.8 Å². The summed E-state index contributed by atoms with van der Waals surface area (Å²) in [7, 11) is 0. The summed E-state index contributed by atoms with van der Waals surface area (Å²) < 4.78 is 7.79. The third-order valence-corrected chi connectivity index (χ3v) is 6.49. The van der Waals surface area contributed by atoms with Crippen LogP contribution in [0.5, 0.6) is 0 Å². The molecule has 2 aromatic carbocycles. The molecule has 3 aromatic rings. The summed E-state index contributed by atoms with van der Waals surface area (Å²) in [5.41, 5.74) is 1.49. The Labute approximate surface area is 204 Å². The van der Waals surface area contributed by atoms with Crippen molar-refractivity contribution in [3.63, 3.8) is 0 Å². The van der Waals surface area contributed by atoms with Crippen LogP contribution in [0, 0.1) is 3.57 Å². The van der Waals surface area contributed by atoms with Gasteiger partial charge in [-0.3, -0.25) is 19.3 Å². The van der Waals surface area contributed by atoms with Crippen molar-refractivity contribution in [2.45, 2.75) is 0 Å². The van der Waals surface area contributed by atoms with Gasteiger partial charge < -0.3 is 9.73 Å². The molecule has 1 fully saturated rings. The van der Waals surface area contributed by atoms with Gasteiger partial charge in [-0.25, -0.2) is 0 Å². The van der Waals surface area contributed by atoms with Crippen molar-refractivity contribution >= 4 is 79.1 Å². The molecule has 1 N–H and O–H groups in total. The molecule has 1 saturated heterocycles. The van der Waals surface area contributed by atoms with E-state index in [1.54, 1.807) is 24.3 Å². The first-order valence-electron chi connectivity index (χ1n) is 9.05. The number of furan rings is 1. The second-order valence-electron chi connectivity index (χ2n) is 6.53. The molecule has 1 aromatic heterocycles. The van der Waals surface area contributed by atoms with Crippen molar-refractivity contribution in [1.82, 2.24) is 4.90 Å². The van der Waals surface area contributed by atoms with E-state index in [1.807, 2.05) is 36.4 Å². The summed E-state index contributed by atoms with van der Waals surface area (Å²) in [5.74, 6) is 0.135. The Kier molecular flexibility index (Phi) is 6.63. The highest BCUT2D eigenvalue weighted by molar-refractivity contribution is 14.1. The summed E-state index contributed by atoms with van der Waals surface area (Å²) in [6.45, 7) is -0.351. The van der Waals surface area contributed by atoms with Crippen LogP contribution in [0.2, 0.25) is 0 Å². The number of carbonyl (C=O) groups excluding carboxylic acids is 3. The lowest BCUT2D eigenvalue weighted by molar-refractivity contribution is -0.127. The molecule has 2 heterocycles. The first-order chi connectivity index (χ1) is 14.9. The lowest BCUT2D eigenvalue weighted by Gasteiger charge is -2.12. The van der Waals surface area contributed by atoms with Crippen molar-refractivity contribution in [1.29, 1.82) is 0 Å². The SMILES string of the molecule is O=C(CN1C(=O)S/C(=C/c2ccc(-c3ccc(Br)cc3)o2)C1=O)Nc1ccc(I)cc1. The standard InChI is InChI=1S/C22H14BrIN2O4S/c23-14-3-1-13(2-4-14)18-10-9-17(30-18)11-19-21(28)26(22(29)31-19)12-20(27)25-16-7-5-15(24)6-8-16/h1-11H,12H2,(H,25,27)/b19-11+. The van der Waals surface area contributed by atoms with Gasteiger partial charge in [-0.1, -0.05) is 28.1 Å². The molecule has 9 heteroatoms. The molecule has 0 atom stereocenters. The van der Waals surface area contributed by atoms with Crippen LogP contribution in [0.15, 0.2) is 74.5 Å². The van der Waals surface area contributed by atoms with Gasteiger partial charge in [0.15, 0.2) is 0 Å². The monoisotopic (exact) mass is 608 g/mol. The largest absolute Gasteiger partial charge is 0.457 e. The van der Waals surface area contributed by atoms with Gasteiger partial charge in [-0.2, -0.15) is 0 Å². The molecular formula is C22H14BrIN2O4S. The molecule has 4 rings (SSSR count). The molecule has 1 aliphatic heterocycles. The number of nitrogens with one attached hydrogen (secondary N) is 1. The number of anilines is 1. The molecule has 0 unspecified atom stereocenters. The molecule has 0 aliphatic carbocycles. The fourth-order valence-corrected chi connectivity index (χ4v) is 4.28. The van der Waals surface area contributed by atoms with Crippen LogP contribution in [0.1, 0.15) is 5.76 Å². The highest BCUT2D eigenvalue weighted by Gasteiger charge is 2.36. The Balaban J connectivity index is 1.44. The van der Waals surface area contributed by atoms with Crippen LogP contribution in [0.25, 0.3) is 17.4 Å². The Morgan fingerprint density at radius 2 is 1.77 bits per heavy atom. The van der Waals surface area contributed by atoms with Crippen molar-refractivity contribution in [2.24, 2.45) is 0 Å².